The van der Waals surface area contributed by atoms with E-state index in [0.717, 1.165) is 18.9 Å². The molecule has 0 aliphatic heterocycles. The summed E-state index contributed by atoms with van der Waals surface area (Å²) < 4.78 is 1.98. The molecule has 0 spiro atoms. The second kappa shape index (κ2) is 6.93. The molecule has 4 nitrogen and oxygen atoms in total. The Kier molecular flexibility index (Phi) is 5.24. The molecule has 4 heteroatoms. The van der Waals surface area contributed by atoms with Crippen molar-refractivity contribution >= 4 is 5.91 Å². The lowest BCUT2D eigenvalue weighted by atomic mass is 10.1. The van der Waals surface area contributed by atoms with Crippen molar-refractivity contribution in [1.82, 2.24) is 15.2 Å². The van der Waals surface area contributed by atoms with E-state index < -0.39 is 0 Å². The summed E-state index contributed by atoms with van der Waals surface area (Å²) in [6.45, 7) is 5.52. The second-order valence-corrected chi connectivity index (χ2v) is 6.25. The first-order valence-corrected chi connectivity index (χ1v) is 7.69. The van der Waals surface area contributed by atoms with Gasteiger partial charge in [0.25, 0.3) is 0 Å². The highest BCUT2D eigenvalue weighted by atomic mass is 16.1. The van der Waals surface area contributed by atoms with Crippen LogP contribution >= 0.6 is 0 Å². The van der Waals surface area contributed by atoms with Gasteiger partial charge in [0, 0.05) is 25.0 Å². The van der Waals surface area contributed by atoms with Crippen molar-refractivity contribution in [1.29, 1.82) is 0 Å². The number of aromatic nitrogens is 1. The highest BCUT2D eigenvalue weighted by molar-refractivity contribution is 5.75. The van der Waals surface area contributed by atoms with Crippen molar-refractivity contribution in [3.63, 3.8) is 0 Å². The van der Waals surface area contributed by atoms with Gasteiger partial charge in [-0.2, -0.15) is 0 Å². The van der Waals surface area contributed by atoms with Gasteiger partial charge in [-0.05, 0) is 49.8 Å². The Morgan fingerprint density at radius 2 is 2.20 bits per heavy atom. The zero-order valence-electron chi connectivity index (χ0n) is 12.9. The molecule has 1 unspecified atom stereocenters. The quantitative estimate of drug-likeness (QED) is 0.766. The van der Waals surface area contributed by atoms with E-state index in [0.29, 0.717) is 18.5 Å². The maximum absolute atomic E-state index is 11.8. The molecule has 0 bridgehead atoms. The first-order chi connectivity index (χ1) is 9.60. The summed E-state index contributed by atoms with van der Waals surface area (Å²) in [6, 6.07) is 2.57. The number of rotatable bonds is 8. The van der Waals surface area contributed by atoms with Gasteiger partial charge in [-0.15, -0.1) is 0 Å². The molecule has 1 aromatic rings. The van der Waals surface area contributed by atoms with Gasteiger partial charge in [-0.3, -0.25) is 4.79 Å². The van der Waals surface area contributed by atoms with E-state index in [4.69, 9.17) is 0 Å². The Labute approximate surface area is 121 Å². The molecule has 1 heterocycles. The van der Waals surface area contributed by atoms with Crippen molar-refractivity contribution in [2.45, 2.75) is 45.7 Å². The first-order valence-electron chi connectivity index (χ1n) is 7.69. The monoisotopic (exact) mass is 277 g/mol. The standard InChI is InChI=1S/C16H27N3O/c1-12(2)6-8-18-15(20)11-19-9-7-14(10-19)16(17-3)13-4-5-13/h7,9-10,12-13,16-17H,4-6,8,11H2,1-3H3,(H,18,20). The van der Waals surface area contributed by atoms with Crippen LogP contribution in [0, 0.1) is 11.8 Å². The molecule has 1 aliphatic rings. The molecule has 1 saturated carbocycles. The summed E-state index contributed by atoms with van der Waals surface area (Å²) >= 11 is 0. The number of hydrogen-bond donors (Lipinski definition) is 2. The molecule has 20 heavy (non-hydrogen) atoms. The summed E-state index contributed by atoms with van der Waals surface area (Å²) in [4.78, 5) is 11.8. The SMILES string of the molecule is CNC(c1ccn(CC(=O)NCCC(C)C)c1)C1CC1. The molecular formula is C16H27N3O. The third-order valence-electron chi connectivity index (χ3n) is 3.91. The lowest BCUT2D eigenvalue weighted by molar-refractivity contribution is -0.121. The average Bonchev–Trinajstić information content (AvgIpc) is 3.11. The van der Waals surface area contributed by atoms with Crippen LogP contribution < -0.4 is 10.6 Å². The van der Waals surface area contributed by atoms with Crippen molar-refractivity contribution in [3.8, 4) is 0 Å². The minimum Gasteiger partial charge on any atom is -0.355 e. The number of nitrogens with one attached hydrogen (secondary N) is 2. The normalized spacial score (nSPS) is 16.4. The molecular weight excluding hydrogens is 250 g/mol. The van der Waals surface area contributed by atoms with Crippen LogP contribution in [0.15, 0.2) is 18.5 Å². The van der Waals surface area contributed by atoms with Gasteiger partial charge >= 0.3 is 0 Å². The fourth-order valence-corrected chi connectivity index (χ4v) is 2.57. The highest BCUT2D eigenvalue weighted by Crippen LogP contribution is 2.40. The molecule has 1 aromatic heterocycles. The molecule has 0 aromatic carbocycles. The summed E-state index contributed by atoms with van der Waals surface area (Å²) in [5.41, 5.74) is 1.30. The fraction of sp³-hybridized carbons (Fsp3) is 0.688. The van der Waals surface area contributed by atoms with Crippen LogP contribution in [0.1, 0.15) is 44.7 Å². The van der Waals surface area contributed by atoms with Crippen LogP contribution in [0.3, 0.4) is 0 Å². The molecule has 0 radical (unpaired) electrons. The Bertz CT molecular complexity index is 435. The van der Waals surface area contributed by atoms with Crippen LogP contribution in [0.2, 0.25) is 0 Å². The lowest BCUT2D eigenvalue weighted by Crippen LogP contribution is -2.28. The van der Waals surface area contributed by atoms with Gasteiger partial charge in [0.2, 0.25) is 5.91 Å². The van der Waals surface area contributed by atoms with Crippen LogP contribution in [-0.4, -0.2) is 24.1 Å². The van der Waals surface area contributed by atoms with Crippen LogP contribution in [0.25, 0.3) is 0 Å². The third-order valence-corrected chi connectivity index (χ3v) is 3.91. The zero-order valence-corrected chi connectivity index (χ0v) is 12.9. The van der Waals surface area contributed by atoms with Crippen molar-refractivity contribution < 1.29 is 4.79 Å². The van der Waals surface area contributed by atoms with E-state index in [1.54, 1.807) is 0 Å². The van der Waals surface area contributed by atoms with E-state index in [9.17, 15) is 4.79 Å². The van der Waals surface area contributed by atoms with E-state index in [2.05, 4.69) is 36.7 Å². The molecule has 1 aliphatic carbocycles. The summed E-state index contributed by atoms with van der Waals surface area (Å²) in [6.07, 6.45) is 7.76. The first kappa shape index (κ1) is 15.1. The topological polar surface area (TPSA) is 46.1 Å². The minimum absolute atomic E-state index is 0.0974. The molecule has 1 amide bonds. The Morgan fingerprint density at radius 1 is 1.45 bits per heavy atom. The maximum Gasteiger partial charge on any atom is 0.239 e. The summed E-state index contributed by atoms with van der Waals surface area (Å²) in [5, 5.41) is 6.35. The fourth-order valence-electron chi connectivity index (χ4n) is 2.57. The summed E-state index contributed by atoms with van der Waals surface area (Å²) in [5.74, 6) is 1.50. The van der Waals surface area contributed by atoms with Gasteiger partial charge in [0.15, 0.2) is 0 Å². The van der Waals surface area contributed by atoms with Crippen molar-refractivity contribution in [2.75, 3.05) is 13.6 Å². The Morgan fingerprint density at radius 3 is 2.80 bits per heavy atom. The van der Waals surface area contributed by atoms with Gasteiger partial charge in [-0.25, -0.2) is 0 Å². The number of hydrogen-bond acceptors (Lipinski definition) is 2. The summed E-state index contributed by atoms with van der Waals surface area (Å²) in [7, 11) is 2.01. The number of carbonyl (C=O) groups is 1. The number of amides is 1. The smallest absolute Gasteiger partial charge is 0.239 e. The van der Waals surface area contributed by atoms with Crippen LogP contribution in [0.5, 0.6) is 0 Å². The molecule has 1 atom stereocenters. The van der Waals surface area contributed by atoms with Crippen LogP contribution in [0.4, 0.5) is 0 Å². The lowest BCUT2D eigenvalue weighted by Gasteiger charge is -2.13. The Balaban J connectivity index is 1.81. The van der Waals surface area contributed by atoms with Gasteiger partial charge in [0.1, 0.15) is 6.54 Å². The molecule has 0 saturated heterocycles. The molecule has 112 valence electrons. The highest BCUT2D eigenvalue weighted by Gasteiger charge is 2.31. The van der Waals surface area contributed by atoms with Crippen molar-refractivity contribution in [2.24, 2.45) is 11.8 Å². The zero-order chi connectivity index (χ0) is 14.5. The molecule has 1 fully saturated rings. The van der Waals surface area contributed by atoms with E-state index in [-0.39, 0.29) is 5.91 Å². The largest absolute Gasteiger partial charge is 0.355 e. The van der Waals surface area contributed by atoms with E-state index >= 15 is 0 Å². The number of carbonyl (C=O) groups excluding carboxylic acids is 1. The average molecular weight is 277 g/mol. The van der Waals surface area contributed by atoms with Crippen molar-refractivity contribution in [3.05, 3.63) is 24.0 Å². The predicted octanol–water partition coefficient (Wildman–Crippen LogP) is 2.32. The van der Waals surface area contributed by atoms with Gasteiger partial charge in [-0.1, -0.05) is 13.8 Å². The van der Waals surface area contributed by atoms with E-state index in [1.807, 2.05) is 17.8 Å². The van der Waals surface area contributed by atoms with Crippen LogP contribution in [-0.2, 0) is 11.3 Å². The molecule has 2 rings (SSSR count). The van der Waals surface area contributed by atoms with Gasteiger partial charge in [0.05, 0.1) is 0 Å². The predicted molar refractivity (Wildman–Crippen MR) is 81.4 cm³/mol. The van der Waals surface area contributed by atoms with Gasteiger partial charge < -0.3 is 15.2 Å². The number of nitrogens with zero attached hydrogens (tertiary/aromatic N) is 1. The second-order valence-electron chi connectivity index (χ2n) is 6.25. The minimum atomic E-state index is 0.0974. The third kappa shape index (κ3) is 4.37. The molecule has 2 N–H and O–H groups in total. The van der Waals surface area contributed by atoms with E-state index in [1.165, 1.54) is 18.4 Å². The maximum atomic E-state index is 11.8. The Hall–Kier alpha value is -1.29.